The van der Waals surface area contributed by atoms with Gasteiger partial charge in [0, 0.05) is 45.8 Å². The second-order valence-corrected chi connectivity index (χ2v) is 12.8. The number of fused-ring (bicyclic) bond motifs is 1. The zero-order valence-electron chi connectivity index (χ0n) is 25.0. The highest BCUT2D eigenvalue weighted by Crippen LogP contribution is 2.48. The lowest BCUT2D eigenvalue weighted by molar-refractivity contribution is -0.136. The molecule has 0 spiro atoms. The van der Waals surface area contributed by atoms with Gasteiger partial charge in [-0.15, -0.1) is 0 Å². The predicted molar refractivity (Wildman–Crippen MR) is 157 cm³/mol. The molecule has 3 aromatic rings. The zero-order chi connectivity index (χ0) is 29.9. The quantitative estimate of drug-likeness (QED) is 0.275. The molecule has 0 saturated heterocycles. The van der Waals surface area contributed by atoms with Crippen molar-refractivity contribution in [3.8, 4) is 5.75 Å². The molecule has 214 valence electrons. The van der Waals surface area contributed by atoms with Gasteiger partial charge in [0.05, 0.1) is 19.8 Å². The van der Waals surface area contributed by atoms with Gasteiger partial charge in [-0.2, -0.15) is 0 Å². The fourth-order valence-corrected chi connectivity index (χ4v) is 6.05. The van der Waals surface area contributed by atoms with Gasteiger partial charge in [-0.3, -0.25) is 9.59 Å². The Labute approximate surface area is 240 Å². The molecule has 0 fully saturated rings. The van der Waals surface area contributed by atoms with E-state index in [1.807, 2.05) is 19.1 Å². The van der Waals surface area contributed by atoms with Crippen molar-refractivity contribution in [3.63, 3.8) is 0 Å². The molecule has 2 aromatic carbocycles. The number of esters is 1. The summed E-state index contributed by atoms with van der Waals surface area (Å²) in [5, 5.41) is 4.09. The fraction of sp³-hybridized carbons (Fsp3) is 0.382. The van der Waals surface area contributed by atoms with E-state index in [0.29, 0.717) is 46.6 Å². The molecule has 41 heavy (non-hydrogen) atoms. The zero-order valence-corrected chi connectivity index (χ0v) is 25.0. The SMILES string of the molecule is COC(=O)C1=C(C)NC2=C(C(=O)CC(C)(C)C2)C1c1cc(C(C)(C)C)c2oc(C(=O)c3ccc(OC)cc3)cc2c1. The Morgan fingerprint density at radius 2 is 1.71 bits per heavy atom. The Balaban J connectivity index is 1.72. The van der Waals surface area contributed by atoms with Gasteiger partial charge in [0.1, 0.15) is 11.3 Å². The maximum absolute atomic E-state index is 13.7. The topological polar surface area (TPSA) is 94.8 Å². The normalized spacial score (nSPS) is 18.7. The van der Waals surface area contributed by atoms with E-state index in [4.69, 9.17) is 13.9 Å². The first kappa shape index (κ1) is 28.4. The summed E-state index contributed by atoms with van der Waals surface area (Å²) in [6, 6.07) is 12.6. The number of Topliss-reactive ketones (excluding diaryl/α,β-unsaturated/α-hetero) is 1. The third-order valence-corrected chi connectivity index (χ3v) is 8.00. The molecular weight excluding hydrogens is 518 g/mol. The number of carbonyl (C=O) groups excluding carboxylic acids is 3. The molecule has 1 aliphatic carbocycles. The van der Waals surface area contributed by atoms with Crippen LogP contribution in [0.4, 0.5) is 0 Å². The van der Waals surface area contributed by atoms with Crippen LogP contribution in [0, 0.1) is 5.41 Å². The Morgan fingerprint density at radius 1 is 1.02 bits per heavy atom. The third-order valence-electron chi connectivity index (χ3n) is 8.00. The average molecular weight is 556 g/mol. The highest BCUT2D eigenvalue weighted by molar-refractivity contribution is 6.09. The molecular formula is C34H37NO6. The lowest BCUT2D eigenvalue weighted by Crippen LogP contribution is -2.38. The lowest BCUT2D eigenvalue weighted by atomic mass is 9.68. The number of furan rings is 1. The summed E-state index contributed by atoms with van der Waals surface area (Å²) in [6.45, 7) is 12.2. The Morgan fingerprint density at radius 3 is 2.32 bits per heavy atom. The van der Waals surface area contributed by atoms with Crippen LogP contribution < -0.4 is 10.1 Å². The van der Waals surface area contributed by atoms with Crippen LogP contribution in [0.25, 0.3) is 11.0 Å². The van der Waals surface area contributed by atoms with Crippen molar-refractivity contribution in [1.29, 1.82) is 0 Å². The molecule has 1 atom stereocenters. The van der Waals surface area contributed by atoms with Crippen LogP contribution in [0.3, 0.4) is 0 Å². The Hall–Kier alpha value is -4.13. The number of ether oxygens (including phenoxy) is 2. The number of allylic oxidation sites excluding steroid dienone is 3. The number of nitrogens with one attached hydrogen (secondary N) is 1. The minimum atomic E-state index is -0.608. The predicted octanol–water partition coefficient (Wildman–Crippen LogP) is 6.75. The molecule has 0 amide bonds. The third kappa shape index (κ3) is 5.09. The summed E-state index contributed by atoms with van der Waals surface area (Å²) in [7, 11) is 2.93. The van der Waals surface area contributed by atoms with Gasteiger partial charge < -0.3 is 19.2 Å². The Kier molecular flexibility index (Phi) is 6.96. The summed E-state index contributed by atoms with van der Waals surface area (Å²) >= 11 is 0. The van der Waals surface area contributed by atoms with E-state index in [-0.39, 0.29) is 28.2 Å². The molecule has 2 heterocycles. The minimum absolute atomic E-state index is 0.0163. The number of benzene rings is 2. The van der Waals surface area contributed by atoms with Gasteiger partial charge in [0.25, 0.3) is 0 Å². The van der Waals surface area contributed by atoms with Crippen LogP contribution in [0.2, 0.25) is 0 Å². The van der Waals surface area contributed by atoms with Crippen molar-refractivity contribution < 1.29 is 28.3 Å². The number of hydrogen-bond donors (Lipinski definition) is 1. The number of methoxy groups -OCH3 is 2. The molecule has 1 aliphatic heterocycles. The lowest BCUT2D eigenvalue weighted by Gasteiger charge is -2.39. The molecule has 7 nitrogen and oxygen atoms in total. The molecule has 0 saturated carbocycles. The van der Waals surface area contributed by atoms with Gasteiger partial charge in [-0.05, 0) is 66.1 Å². The first-order valence-corrected chi connectivity index (χ1v) is 13.8. The van der Waals surface area contributed by atoms with Crippen LogP contribution in [-0.2, 0) is 19.7 Å². The van der Waals surface area contributed by atoms with E-state index in [0.717, 1.165) is 22.2 Å². The summed E-state index contributed by atoms with van der Waals surface area (Å²) in [6.07, 6.45) is 1.08. The van der Waals surface area contributed by atoms with Crippen molar-refractivity contribution in [3.05, 3.63) is 87.5 Å². The number of ketones is 2. The molecule has 2 aliphatic rings. The first-order chi connectivity index (χ1) is 19.2. The molecule has 1 aromatic heterocycles. The number of carbonyl (C=O) groups is 3. The molecule has 0 bridgehead atoms. The highest BCUT2D eigenvalue weighted by atomic mass is 16.5. The van der Waals surface area contributed by atoms with Crippen molar-refractivity contribution in [1.82, 2.24) is 5.32 Å². The van der Waals surface area contributed by atoms with E-state index < -0.39 is 11.9 Å². The number of rotatable bonds is 5. The second kappa shape index (κ2) is 10.1. The highest BCUT2D eigenvalue weighted by Gasteiger charge is 2.43. The van der Waals surface area contributed by atoms with E-state index in [1.165, 1.54) is 7.11 Å². The van der Waals surface area contributed by atoms with Crippen LogP contribution in [0.15, 0.2) is 69.4 Å². The van der Waals surface area contributed by atoms with Crippen molar-refractivity contribution in [2.45, 2.75) is 65.7 Å². The van der Waals surface area contributed by atoms with E-state index in [9.17, 15) is 14.4 Å². The maximum Gasteiger partial charge on any atom is 0.336 e. The molecule has 1 unspecified atom stereocenters. The van der Waals surface area contributed by atoms with Crippen LogP contribution in [0.1, 0.15) is 87.5 Å². The largest absolute Gasteiger partial charge is 0.497 e. The van der Waals surface area contributed by atoms with Crippen molar-refractivity contribution >= 4 is 28.5 Å². The van der Waals surface area contributed by atoms with E-state index in [1.54, 1.807) is 37.4 Å². The molecule has 0 radical (unpaired) electrons. The van der Waals surface area contributed by atoms with Gasteiger partial charge in [-0.25, -0.2) is 4.79 Å². The molecule has 5 rings (SSSR count). The molecule has 1 N–H and O–H groups in total. The monoisotopic (exact) mass is 555 g/mol. The maximum atomic E-state index is 13.7. The van der Waals surface area contributed by atoms with E-state index in [2.05, 4.69) is 39.9 Å². The summed E-state index contributed by atoms with van der Waals surface area (Å²) < 4.78 is 16.7. The van der Waals surface area contributed by atoms with Crippen molar-refractivity contribution in [2.75, 3.05) is 14.2 Å². The van der Waals surface area contributed by atoms with Gasteiger partial charge in [0.2, 0.25) is 5.78 Å². The van der Waals surface area contributed by atoms with Crippen LogP contribution in [-0.4, -0.2) is 31.8 Å². The van der Waals surface area contributed by atoms with Gasteiger partial charge in [-0.1, -0.05) is 40.7 Å². The standard InChI is InChI=1S/C34H37NO6/c1-18-27(32(38)40-8)28(29-24(35-18)16-34(5,6)17-25(29)36)20-13-21-15-26(41-31(21)23(14-20)33(2,3)4)30(37)19-9-11-22(39-7)12-10-19/h9-15,28,35H,16-17H2,1-8H3. The van der Waals surface area contributed by atoms with Gasteiger partial charge >= 0.3 is 5.97 Å². The van der Waals surface area contributed by atoms with Crippen LogP contribution >= 0.6 is 0 Å². The molecule has 7 heteroatoms. The number of hydrogen-bond acceptors (Lipinski definition) is 7. The van der Waals surface area contributed by atoms with E-state index >= 15 is 0 Å². The second-order valence-electron chi connectivity index (χ2n) is 12.8. The first-order valence-electron chi connectivity index (χ1n) is 13.8. The number of dihydropyridines is 1. The average Bonchev–Trinajstić information content (AvgIpc) is 3.33. The summed E-state index contributed by atoms with van der Waals surface area (Å²) in [4.78, 5) is 40.3. The minimum Gasteiger partial charge on any atom is -0.497 e. The Bertz CT molecular complexity index is 1640. The van der Waals surface area contributed by atoms with Crippen molar-refractivity contribution in [2.24, 2.45) is 5.41 Å². The summed E-state index contributed by atoms with van der Waals surface area (Å²) in [5.74, 6) is -0.441. The smallest absolute Gasteiger partial charge is 0.336 e. The van der Waals surface area contributed by atoms with Gasteiger partial charge in [0.15, 0.2) is 11.5 Å². The summed E-state index contributed by atoms with van der Waals surface area (Å²) in [5.41, 5.74) is 4.74. The fourth-order valence-electron chi connectivity index (χ4n) is 6.05. The van der Waals surface area contributed by atoms with Crippen LogP contribution in [0.5, 0.6) is 5.75 Å².